The molecule has 1 aliphatic rings. The van der Waals surface area contributed by atoms with E-state index in [2.05, 4.69) is 4.98 Å². The molecule has 4 nitrogen and oxygen atoms in total. The Hall–Kier alpha value is -0.983. The number of hydrogen-bond donors (Lipinski definition) is 0. The summed E-state index contributed by atoms with van der Waals surface area (Å²) in [7, 11) is 0. The standard InChI is InChI=1S/C10H11NO3.Li/c1-10(2)5-14-8-6(10)3-4-11-7(8)9(12)13;/h3-4H,5H2,1-2H3,(H,12,13);/q;+1/p-1. The van der Waals surface area contributed by atoms with Crippen LogP contribution in [-0.4, -0.2) is 17.6 Å². The number of aromatic nitrogens is 1. The summed E-state index contributed by atoms with van der Waals surface area (Å²) < 4.78 is 5.32. The first kappa shape index (κ1) is 12.1. The molecule has 0 spiro atoms. The van der Waals surface area contributed by atoms with Crippen LogP contribution >= 0.6 is 0 Å². The third-order valence-corrected chi connectivity index (χ3v) is 2.40. The molecule has 0 saturated carbocycles. The molecule has 15 heavy (non-hydrogen) atoms. The van der Waals surface area contributed by atoms with Gasteiger partial charge in [-0.25, -0.2) is 0 Å². The van der Waals surface area contributed by atoms with Gasteiger partial charge in [0.2, 0.25) is 0 Å². The van der Waals surface area contributed by atoms with Gasteiger partial charge >= 0.3 is 18.9 Å². The number of aromatic carboxylic acids is 1. The van der Waals surface area contributed by atoms with Gasteiger partial charge in [0.15, 0.2) is 5.75 Å². The molecule has 0 bridgehead atoms. The van der Waals surface area contributed by atoms with Gasteiger partial charge in [0.25, 0.3) is 0 Å². The van der Waals surface area contributed by atoms with Gasteiger partial charge in [0.1, 0.15) is 5.69 Å². The average Bonchev–Trinajstić information content (AvgIpc) is 2.42. The van der Waals surface area contributed by atoms with Gasteiger partial charge in [-0.05, 0) is 6.07 Å². The van der Waals surface area contributed by atoms with Crippen LogP contribution in [0.2, 0.25) is 0 Å². The van der Waals surface area contributed by atoms with Crippen molar-refractivity contribution in [1.29, 1.82) is 0 Å². The second-order valence-electron chi connectivity index (χ2n) is 4.00. The number of fused-ring (bicyclic) bond motifs is 1. The Morgan fingerprint density at radius 1 is 1.60 bits per heavy atom. The van der Waals surface area contributed by atoms with E-state index in [0.717, 1.165) is 5.56 Å². The number of rotatable bonds is 1. The van der Waals surface area contributed by atoms with Gasteiger partial charge in [-0.2, -0.15) is 0 Å². The fourth-order valence-electron chi connectivity index (χ4n) is 1.60. The summed E-state index contributed by atoms with van der Waals surface area (Å²) in [6.07, 6.45) is 1.47. The van der Waals surface area contributed by atoms with E-state index in [1.165, 1.54) is 6.20 Å². The maximum absolute atomic E-state index is 10.7. The van der Waals surface area contributed by atoms with Crippen LogP contribution in [0.5, 0.6) is 5.75 Å². The fourth-order valence-corrected chi connectivity index (χ4v) is 1.60. The van der Waals surface area contributed by atoms with Crippen LogP contribution in [0, 0.1) is 0 Å². The summed E-state index contributed by atoms with van der Waals surface area (Å²) >= 11 is 0. The zero-order valence-corrected chi connectivity index (χ0v) is 9.03. The van der Waals surface area contributed by atoms with E-state index in [1.54, 1.807) is 6.07 Å². The molecule has 0 radical (unpaired) electrons. The Morgan fingerprint density at radius 3 is 2.87 bits per heavy atom. The molecule has 0 saturated heterocycles. The van der Waals surface area contributed by atoms with E-state index in [-0.39, 0.29) is 30.0 Å². The van der Waals surface area contributed by atoms with E-state index in [1.807, 2.05) is 13.8 Å². The predicted octanol–water partition coefficient (Wildman–Crippen LogP) is -2.88. The zero-order chi connectivity index (χ0) is 10.3. The van der Waals surface area contributed by atoms with Crippen molar-refractivity contribution in [3.8, 4) is 5.75 Å². The van der Waals surface area contributed by atoms with Crippen LogP contribution < -0.4 is 28.7 Å². The van der Waals surface area contributed by atoms with Crippen LogP contribution in [0.4, 0.5) is 0 Å². The minimum atomic E-state index is -1.29. The van der Waals surface area contributed by atoms with Crippen LogP contribution in [-0.2, 0) is 5.41 Å². The van der Waals surface area contributed by atoms with Crippen LogP contribution in [0.25, 0.3) is 0 Å². The number of carboxylic acid groups (broad SMARTS) is 1. The molecule has 0 amide bonds. The van der Waals surface area contributed by atoms with Gasteiger partial charge in [-0.3, -0.25) is 4.98 Å². The molecule has 0 fully saturated rings. The average molecular weight is 199 g/mol. The van der Waals surface area contributed by atoms with E-state index >= 15 is 0 Å². The van der Waals surface area contributed by atoms with Gasteiger partial charge in [-0.15, -0.1) is 0 Å². The topological polar surface area (TPSA) is 62.2 Å². The van der Waals surface area contributed by atoms with Crippen LogP contribution in [0.1, 0.15) is 29.9 Å². The third-order valence-electron chi connectivity index (χ3n) is 2.40. The number of nitrogens with zero attached hydrogens (tertiary/aromatic N) is 1. The summed E-state index contributed by atoms with van der Waals surface area (Å²) in [5.41, 5.74) is 0.627. The smallest absolute Gasteiger partial charge is 0.543 e. The Morgan fingerprint density at radius 2 is 2.27 bits per heavy atom. The molecule has 2 heterocycles. The van der Waals surface area contributed by atoms with Gasteiger partial charge < -0.3 is 14.6 Å². The Labute approximate surface area is 99.8 Å². The molecule has 1 aliphatic heterocycles. The Balaban J connectivity index is 0.00000112. The molecule has 1 aromatic rings. The molecule has 0 unspecified atom stereocenters. The molecule has 0 atom stereocenters. The second-order valence-corrected chi connectivity index (χ2v) is 4.00. The molecule has 2 rings (SSSR count). The summed E-state index contributed by atoms with van der Waals surface area (Å²) in [4.78, 5) is 14.4. The summed E-state index contributed by atoms with van der Waals surface area (Å²) in [6.45, 7) is 4.48. The monoisotopic (exact) mass is 199 g/mol. The number of ether oxygens (including phenoxy) is 1. The molecule has 74 valence electrons. The van der Waals surface area contributed by atoms with Crippen molar-refractivity contribution in [1.82, 2.24) is 4.98 Å². The minimum Gasteiger partial charge on any atom is -0.543 e. The molecule has 0 aliphatic carbocycles. The van der Waals surface area contributed by atoms with Crippen molar-refractivity contribution in [3.63, 3.8) is 0 Å². The van der Waals surface area contributed by atoms with Gasteiger partial charge in [-0.1, -0.05) is 13.8 Å². The first-order valence-electron chi connectivity index (χ1n) is 4.36. The summed E-state index contributed by atoms with van der Waals surface area (Å²) in [6, 6.07) is 1.79. The molecule has 5 heteroatoms. The summed E-state index contributed by atoms with van der Waals surface area (Å²) in [5.74, 6) is -0.933. The molecule has 1 aromatic heterocycles. The van der Waals surface area contributed by atoms with Crippen LogP contribution in [0.3, 0.4) is 0 Å². The normalized spacial score (nSPS) is 16.1. The van der Waals surface area contributed by atoms with E-state index in [9.17, 15) is 9.90 Å². The Kier molecular flexibility index (Phi) is 3.13. The van der Waals surface area contributed by atoms with E-state index in [0.29, 0.717) is 12.4 Å². The van der Waals surface area contributed by atoms with Gasteiger partial charge in [0.05, 0.1) is 12.6 Å². The van der Waals surface area contributed by atoms with Crippen molar-refractivity contribution >= 4 is 5.97 Å². The largest absolute Gasteiger partial charge is 1.00 e. The number of carbonyl (C=O) groups is 1. The quantitative estimate of drug-likeness (QED) is 0.456. The van der Waals surface area contributed by atoms with Crippen molar-refractivity contribution in [3.05, 3.63) is 23.5 Å². The second kappa shape index (κ2) is 3.88. The minimum absolute atomic E-state index is 0. The maximum Gasteiger partial charge on any atom is 1.00 e. The van der Waals surface area contributed by atoms with Crippen LogP contribution in [0.15, 0.2) is 12.3 Å². The van der Waals surface area contributed by atoms with Crippen molar-refractivity contribution in [2.75, 3.05) is 6.61 Å². The molecule has 0 N–H and O–H groups in total. The van der Waals surface area contributed by atoms with E-state index in [4.69, 9.17) is 4.74 Å². The third kappa shape index (κ3) is 1.88. The number of pyridine rings is 1. The van der Waals surface area contributed by atoms with Crippen molar-refractivity contribution in [2.24, 2.45) is 0 Å². The SMILES string of the molecule is CC1(C)COc2c1ccnc2C(=O)[O-].[Li+]. The fraction of sp³-hybridized carbons (Fsp3) is 0.400. The molecule has 0 aromatic carbocycles. The molecular weight excluding hydrogens is 189 g/mol. The molecular formula is C10H10LiNO3. The number of hydrogen-bond acceptors (Lipinski definition) is 4. The van der Waals surface area contributed by atoms with Gasteiger partial charge in [0, 0.05) is 17.2 Å². The van der Waals surface area contributed by atoms with E-state index < -0.39 is 5.97 Å². The Bertz CT molecular complexity index is 404. The summed E-state index contributed by atoms with van der Waals surface area (Å²) in [5, 5.41) is 10.7. The number of carbonyl (C=O) groups excluding carboxylic acids is 1. The van der Waals surface area contributed by atoms with Crippen molar-refractivity contribution < 1.29 is 33.5 Å². The zero-order valence-electron chi connectivity index (χ0n) is 9.03. The van der Waals surface area contributed by atoms with Crippen molar-refractivity contribution in [2.45, 2.75) is 19.3 Å². The predicted molar refractivity (Wildman–Crippen MR) is 47.1 cm³/mol. The first-order valence-corrected chi connectivity index (χ1v) is 4.36. The maximum atomic E-state index is 10.7. The number of carboxylic acids is 1. The first-order chi connectivity index (χ1) is 6.52.